The summed E-state index contributed by atoms with van der Waals surface area (Å²) >= 11 is 6.22. The standard InChI is InChI=1S/C25H33ClN2O3/c1-7-19(5)27-25(30)20(6)28(14-21-10-8-16(2)9-11-21)23(29)15-31-22-12-17(3)24(26)18(4)13-22/h8-13,19-20H,7,14-15H2,1-6H3,(H,27,30)/t19-,20+/m1/s1. The number of hydrogen-bond donors (Lipinski definition) is 1. The molecule has 31 heavy (non-hydrogen) atoms. The number of nitrogens with one attached hydrogen (secondary N) is 1. The van der Waals surface area contributed by atoms with Crippen molar-refractivity contribution < 1.29 is 14.3 Å². The summed E-state index contributed by atoms with van der Waals surface area (Å²) < 4.78 is 5.77. The largest absolute Gasteiger partial charge is 0.484 e. The van der Waals surface area contributed by atoms with Gasteiger partial charge in [-0.05, 0) is 69.9 Å². The van der Waals surface area contributed by atoms with Gasteiger partial charge in [0.25, 0.3) is 5.91 Å². The number of nitrogens with zero attached hydrogens (tertiary/aromatic N) is 1. The van der Waals surface area contributed by atoms with Gasteiger partial charge < -0.3 is 15.0 Å². The average Bonchev–Trinajstić information content (AvgIpc) is 2.74. The van der Waals surface area contributed by atoms with E-state index in [9.17, 15) is 9.59 Å². The molecule has 2 rings (SSSR count). The SMILES string of the molecule is CC[C@@H](C)NC(=O)[C@H](C)N(Cc1ccc(C)cc1)C(=O)COc1cc(C)c(Cl)c(C)c1. The van der Waals surface area contributed by atoms with Crippen LogP contribution < -0.4 is 10.1 Å². The van der Waals surface area contributed by atoms with Crippen molar-refractivity contribution in [3.63, 3.8) is 0 Å². The lowest BCUT2D eigenvalue weighted by Crippen LogP contribution is -2.50. The fourth-order valence-corrected chi connectivity index (χ4v) is 3.26. The topological polar surface area (TPSA) is 58.6 Å². The Morgan fingerprint density at radius 3 is 2.19 bits per heavy atom. The first-order valence-corrected chi connectivity index (χ1v) is 11.0. The van der Waals surface area contributed by atoms with E-state index in [0.29, 0.717) is 17.3 Å². The minimum absolute atomic E-state index is 0.0440. The molecule has 0 aliphatic heterocycles. The third kappa shape index (κ3) is 7.00. The summed E-state index contributed by atoms with van der Waals surface area (Å²) in [7, 11) is 0. The molecule has 0 radical (unpaired) electrons. The maximum absolute atomic E-state index is 13.1. The molecule has 0 saturated heterocycles. The molecule has 2 atom stereocenters. The van der Waals surface area contributed by atoms with E-state index in [-0.39, 0.29) is 24.5 Å². The van der Waals surface area contributed by atoms with Crippen LogP contribution in [0.5, 0.6) is 5.75 Å². The van der Waals surface area contributed by atoms with E-state index in [0.717, 1.165) is 28.7 Å². The smallest absolute Gasteiger partial charge is 0.261 e. The first-order chi connectivity index (χ1) is 14.6. The average molecular weight is 445 g/mol. The number of amides is 2. The van der Waals surface area contributed by atoms with Gasteiger partial charge >= 0.3 is 0 Å². The highest BCUT2D eigenvalue weighted by molar-refractivity contribution is 6.32. The summed E-state index contributed by atoms with van der Waals surface area (Å²) in [5.74, 6) is 0.158. The summed E-state index contributed by atoms with van der Waals surface area (Å²) in [4.78, 5) is 27.4. The summed E-state index contributed by atoms with van der Waals surface area (Å²) in [5, 5.41) is 3.66. The molecule has 5 nitrogen and oxygen atoms in total. The van der Waals surface area contributed by atoms with E-state index >= 15 is 0 Å². The molecule has 0 aliphatic rings. The molecule has 0 heterocycles. The lowest BCUT2D eigenvalue weighted by atomic mass is 10.1. The molecular formula is C25H33ClN2O3. The van der Waals surface area contributed by atoms with Crippen LogP contribution in [0, 0.1) is 20.8 Å². The van der Waals surface area contributed by atoms with E-state index in [1.807, 2.05) is 71.0 Å². The molecule has 0 bridgehead atoms. The molecule has 0 aliphatic carbocycles. The van der Waals surface area contributed by atoms with Crippen molar-refractivity contribution in [2.24, 2.45) is 0 Å². The van der Waals surface area contributed by atoms with Gasteiger partial charge in [0.2, 0.25) is 5.91 Å². The lowest BCUT2D eigenvalue weighted by molar-refractivity contribution is -0.142. The van der Waals surface area contributed by atoms with Crippen LogP contribution in [-0.2, 0) is 16.1 Å². The number of carbonyl (C=O) groups is 2. The van der Waals surface area contributed by atoms with Crippen molar-refractivity contribution in [3.8, 4) is 5.75 Å². The van der Waals surface area contributed by atoms with Crippen LogP contribution >= 0.6 is 11.6 Å². The number of aryl methyl sites for hydroxylation is 3. The Bertz CT molecular complexity index is 888. The van der Waals surface area contributed by atoms with E-state index in [1.165, 1.54) is 0 Å². The Labute approximate surface area is 190 Å². The predicted octanol–water partition coefficient (Wildman–Crippen LogP) is 4.98. The van der Waals surface area contributed by atoms with Gasteiger partial charge in [-0.2, -0.15) is 0 Å². The monoisotopic (exact) mass is 444 g/mol. The first-order valence-electron chi connectivity index (χ1n) is 10.7. The van der Waals surface area contributed by atoms with Crippen LogP contribution in [0.3, 0.4) is 0 Å². The molecule has 0 aromatic heterocycles. The quantitative estimate of drug-likeness (QED) is 0.593. The molecule has 168 valence electrons. The Morgan fingerprint density at radius 2 is 1.65 bits per heavy atom. The highest BCUT2D eigenvalue weighted by Crippen LogP contribution is 2.26. The molecule has 2 aromatic carbocycles. The van der Waals surface area contributed by atoms with Crippen molar-refractivity contribution in [2.75, 3.05) is 6.61 Å². The predicted molar refractivity (Wildman–Crippen MR) is 126 cm³/mol. The minimum Gasteiger partial charge on any atom is -0.484 e. The van der Waals surface area contributed by atoms with Crippen LogP contribution in [0.25, 0.3) is 0 Å². The van der Waals surface area contributed by atoms with Gasteiger partial charge in [-0.25, -0.2) is 0 Å². The summed E-state index contributed by atoms with van der Waals surface area (Å²) in [6, 6.07) is 11.0. The third-order valence-electron chi connectivity index (χ3n) is 5.41. The summed E-state index contributed by atoms with van der Waals surface area (Å²) in [6.07, 6.45) is 0.822. The molecule has 0 unspecified atom stereocenters. The van der Waals surface area contributed by atoms with Crippen LogP contribution in [0.1, 0.15) is 49.4 Å². The molecule has 0 saturated carbocycles. The number of benzene rings is 2. The second-order valence-electron chi connectivity index (χ2n) is 8.16. The van der Waals surface area contributed by atoms with Gasteiger partial charge in [0, 0.05) is 17.6 Å². The molecular weight excluding hydrogens is 412 g/mol. The molecule has 0 fully saturated rings. The van der Waals surface area contributed by atoms with Crippen molar-refractivity contribution in [1.29, 1.82) is 0 Å². The van der Waals surface area contributed by atoms with Crippen molar-refractivity contribution in [3.05, 3.63) is 63.7 Å². The number of halogens is 1. The highest BCUT2D eigenvalue weighted by Gasteiger charge is 2.27. The van der Waals surface area contributed by atoms with Crippen molar-refractivity contribution in [2.45, 2.75) is 66.6 Å². The number of rotatable bonds is 9. The zero-order valence-corrected chi connectivity index (χ0v) is 20.0. The number of carbonyl (C=O) groups excluding carboxylic acids is 2. The minimum atomic E-state index is -0.625. The van der Waals surface area contributed by atoms with E-state index in [2.05, 4.69) is 5.32 Å². The van der Waals surface area contributed by atoms with Gasteiger partial charge in [-0.15, -0.1) is 0 Å². The third-order valence-corrected chi connectivity index (χ3v) is 6.01. The maximum atomic E-state index is 13.1. The maximum Gasteiger partial charge on any atom is 0.261 e. The molecule has 2 aromatic rings. The van der Waals surface area contributed by atoms with E-state index in [4.69, 9.17) is 16.3 Å². The first kappa shape index (κ1) is 24.7. The van der Waals surface area contributed by atoms with Crippen LogP contribution in [0.2, 0.25) is 5.02 Å². The molecule has 1 N–H and O–H groups in total. The van der Waals surface area contributed by atoms with E-state index < -0.39 is 6.04 Å². The van der Waals surface area contributed by atoms with Crippen molar-refractivity contribution >= 4 is 23.4 Å². The zero-order valence-electron chi connectivity index (χ0n) is 19.3. The van der Waals surface area contributed by atoms with Gasteiger partial charge in [0.15, 0.2) is 6.61 Å². The fourth-order valence-electron chi connectivity index (χ4n) is 3.16. The zero-order chi connectivity index (χ0) is 23.1. The Balaban J connectivity index is 2.18. The van der Waals surface area contributed by atoms with Gasteiger partial charge in [0.05, 0.1) is 0 Å². The van der Waals surface area contributed by atoms with Gasteiger partial charge in [-0.1, -0.05) is 48.4 Å². The van der Waals surface area contributed by atoms with Crippen LogP contribution in [-0.4, -0.2) is 35.4 Å². The normalized spacial score (nSPS) is 12.7. The molecule has 6 heteroatoms. The number of ether oxygens (including phenoxy) is 1. The van der Waals surface area contributed by atoms with Crippen LogP contribution in [0.4, 0.5) is 0 Å². The highest BCUT2D eigenvalue weighted by atomic mass is 35.5. The number of hydrogen-bond acceptors (Lipinski definition) is 3. The Morgan fingerprint density at radius 1 is 1.06 bits per heavy atom. The summed E-state index contributed by atoms with van der Waals surface area (Å²) in [5.41, 5.74) is 3.88. The molecule has 2 amide bonds. The lowest BCUT2D eigenvalue weighted by Gasteiger charge is -2.29. The fraction of sp³-hybridized carbons (Fsp3) is 0.440. The Hall–Kier alpha value is -2.53. The second kappa shape index (κ2) is 11.2. The Kier molecular flexibility index (Phi) is 8.93. The molecule has 0 spiro atoms. The van der Waals surface area contributed by atoms with Crippen LogP contribution in [0.15, 0.2) is 36.4 Å². The van der Waals surface area contributed by atoms with Gasteiger partial charge in [0.1, 0.15) is 11.8 Å². The summed E-state index contributed by atoms with van der Waals surface area (Å²) in [6.45, 7) is 11.7. The van der Waals surface area contributed by atoms with E-state index in [1.54, 1.807) is 11.8 Å². The second-order valence-corrected chi connectivity index (χ2v) is 8.54. The van der Waals surface area contributed by atoms with Crippen molar-refractivity contribution in [1.82, 2.24) is 10.2 Å². The van der Waals surface area contributed by atoms with Gasteiger partial charge in [-0.3, -0.25) is 9.59 Å².